The van der Waals surface area contributed by atoms with Gasteiger partial charge in [0.15, 0.2) is 11.3 Å². The fraction of sp³-hybridized carbons (Fsp3) is 0.381. The van der Waals surface area contributed by atoms with Crippen LogP contribution in [0.3, 0.4) is 0 Å². The molecule has 9 heteroatoms. The number of carbonyl (C=O) groups excluding carboxylic acids is 1. The molecule has 0 saturated heterocycles. The van der Waals surface area contributed by atoms with E-state index in [1.165, 1.54) is 0 Å². The van der Waals surface area contributed by atoms with E-state index in [1.807, 2.05) is 49.4 Å². The Hall–Kier alpha value is -3.49. The zero-order valence-electron chi connectivity index (χ0n) is 18.2. The molecule has 4 rings (SSSR count). The first kappa shape index (κ1) is 19.8. The molecule has 4 aromatic heterocycles. The zero-order valence-corrected chi connectivity index (χ0v) is 18.2. The maximum Gasteiger partial charge on any atom is 0.274 e. The van der Waals surface area contributed by atoms with E-state index >= 15 is 0 Å². The second kappa shape index (κ2) is 7.40. The Morgan fingerprint density at radius 3 is 2.57 bits per heavy atom. The highest BCUT2D eigenvalue weighted by Gasteiger charge is 2.21. The molecule has 0 N–H and O–H groups in total. The summed E-state index contributed by atoms with van der Waals surface area (Å²) in [5, 5.41) is 13.4. The predicted molar refractivity (Wildman–Crippen MR) is 113 cm³/mol. The number of aromatic nitrogens is 7. The summed E-state index contributed by atoms with van der Waals surface area (Å²) >= 11 is 0. The fourth-order valence-electron chi connectivity index (χ4n) is 3.77. The number of fused-ring (bicyclic) bond motifs is 1. The lowest BCUT2D eigenvalue weighted by Gasteiger charge is -2.16. The molecule has 0 fully saturated rings. The second-order valence-corrected chi connectivity index (χ2v) is 7.52. The molecule has 0 aromatic carbocycles. The molecule has 0 aliphatic carbocycles. The van der Waals surface area contributed by atoms with Crippen LogP contribution in [0.15, 0.2) is 24.5 Å². The van der Waals surface area contributed by atoms with Gasteiger partial charge >= 0.3 is 0 Å². The van der Waals surface area contributed by atoms with Crippen molar-refractivity contribution in [2.75, 3.05) is 7.05 Å². The summed E-state index contributed by atoms with van der Waals surface area (Å²) in [6.07, 6.45) is 3.56. The van der Waals surface area contributed by atoms with Gasteiger partial charge in [-0.2, -0.15) is 15.3 Å². The minimum atomic E-state index is -0.157. The van der Waals surface area contributed by atoms with Gasteiger partial charge < -0.3 is 4.90 Å². The third-order valence-electron chi connectivity index (χ3n) is 5.66. The zero-order chi connectivity index (χ0) is 21.6. The standard InChI is InChI=1S/C21H26N8O/c1-7-28-15(4)16(11-23-28)19-8-9-22-20-10-18(25-29(19)20)21(30)26(5)12-17-13(2)24-27(6)14(17)3/h8-11H,7,12H2,1-6H3. The molecule has 4 aromatic rings. The minimum absolute atomic E-state index is 0.157. The van der Waals surface area contributed by atoms with Crippen LogP contribution < -0.4 is 0 Å². The average Bonchev–Trinajstić information content (AvgIpc) is 3.39. The summed E-state index contributed by atoms with van der Waals surface area (Å²) in [5.41, 5.74) is 6.90. The number of carbonyl (C=O) groups is 1. The maximum absolute atomic E-state index is 13.1. The van der Waals surface area contributed by atoms with E-state index in [-0.39, 0.29) is 5.91 Å². The van der Waals surface area contributed by atoms with Gasteiger partial charge in [0.05, 0.1) is 17.6 Å². The lowest BCUT2D eigenvalue weighted by atomic mass is 10.2. The summed E-state index contributed by atoms with van der Waals surface area (Å²) < 4.78 is 5.48. The number of amides is 1. The van der Waals surface area contributed by atoms with Crippen LogP contribution in [-0.2, 0) is 20.1 Å². The highest BCUT2D eigenvalue weighted by Crippen LogP contribution is 2.24. The minimum Gasteiger partial charge on any atom is -0.336 e. The van der Waals surface area contributed by atoms with E-state index in [2.05, 4.69) is 27.2 Å². The average molecular weight is 406 g/mol. The van der Waals surface area contributed by atoms with Crippen LogP contribution in [-0.4, -0.2) is 52.0 Å². The molecule has 0 unspecified atom stereocenters. The lowest BCUT2D eigenvalue weighted by Crippen LogP contribution is -2.27. The van der Waals surface area contributed by atoms with Gasteiger partial charge in [0.2, 0.25) is 0 Å². The molecule has 4 heterocycles. The molecule has 0 spiro atoms. The van der Waals surface area contributed by atoms with Crippen LogP contribution in [0.1, 0.15) is 40.1 Å². The summed E-state index contributed by atoms with van der Waals surface area (Å²) in [6, 6.07) is 3.62. The van der Waals surface area contributed by atoms with E-state index in [0.29, 0.717) is 17.9 Å². The smallest absolute Gasteiger partial charge is 0.274 e. The van der Waals surface area contributed by atoms with Crippen molar-refractivity contribution in [3.05, 3.63) is 52.9 Å². The number of aryl methyl sites for hydroxylation is 3. The highest BCUT2D eigenvalue weighted by atomic mass is 16.2. The molecule has 0 atom stereocenters. The Bertz CT molecular complexity index is 1250. The SMILES string of the molecule is CCn1ncc(-c2ccnc3cc(C(=O)N(C)Cc4c(C)nn(C)c4C)nn23)c1C. The van der Waals surface area contributed by atoms with Crippen LogP contribution in [0.5, 0.6) is 0 Å². The van der Waals surface area contributed by atoms with E-state index in [1.54, 1.807) is 28.7 Å². The molecule has 0 radical (unpaired) electrons. The van der Waals surface area contributed by atoms with E-state index in [0.717, 1.165) is 40.4 Å². The van der Waals surface area contributed by atoms with Gasteiger partial charge in [-0.05, 0) is 33.8 Å². The van der Waals surface area contributed by atoms with Crippen LogP contribution in [0.4, 0.5) is 0 Å². The van der Waals surface area contributed by atoms with E-state index in [4.69, 9.17) is 0 Å². The second-order valence-electron chi connectivity index (χ2n) is 7.52. The fourth-order valence-corrected chi connectivity index (χ4v) is 3.77. The number of rotatable bonds is 5. The molecule has 156 valence electrons. The van der Waals surface area contributed by atoms with Gasteiger partial charge in [-0.1, -0.05) is 0 Å². The Balaban J connectivity index is 1.68. The van der Waals surface area contributed by atoms with E-state index < -0.39 is 0 Å². The molecule has 9 nitrogen and oxygen atoms in total. The van der Waals surface area contributed by atoms with Gasteiger partial charge in [0.1, 0.15) is 0 Å². The van der Waals surface area contributed by atoms with Crippen molar-refractivity contribution in [3.63, 3.8) is 0 Å². The summed E-state index contributed by atoms with van der Waals surface area (Å²) in [5.74, 6) is -0.157. The van der Waals surface area contributed by atoms with Crippen LogP contribution in [0, 0.1) is 20.8 Å². The van der Waals surface area contributed by atoms with Gasteiger partial charge in [-0.25, -0.2) is 9.50 Å². The molecule has 0 bridgehead atoms. The van der Waals surface area contributed by atoms with Gasteiger partial charge in [-0.3, -0.25) is 14.2 Å². The topological polar surface area (TPSA) is 86.1 Å². The summed E-state index contributed by atoms with van der Waals surface area (Å²) in [4.78, 5) is 19.1. The van der Waals surface area contributed by atoms with Crippen LogP contribution in [0.2, 0.25) is 0 Å². The van der Waals surface area contributed by atoms with Crippen LogP contribution >= 0.6 is 0 Å². The Labute approximate surface area is 174 Å². The molecule has 0 saturated carbocycles. The Kier molecular flexibility index (Phi) is 4.89. The molecule has 30 heavy (non-hydrogen) atoms. The van der Waals surface area contributed by atoms with Gasteiger partial charge in [0.25, 0.3) is 5.91 Å². The van der Waals surface area contributed by atoms with Crippen molar-refractivity contribution < 1.29 is 4.79 Å². The van der Waals surface area contributed by atoms with Gasteiger partial charge in [-0.15, -0.1) is 0 Å². The summed E-state index contributed by atoms with van der Waals surface area (Å²) in [7, 11) is 3.69. The third-order valence-corrected chi connectivity index (χ3v) is 5.66. The third kappa shape index (κ3) is 3.16. The van der Waals surface area contributed by atoms with E-state index in [9.17, 15) is 4.79 Å². The highest BCUT2D eigenvalue weighted by molar-refractivity contribution is 5.93. The largest absolute Gasteiger partial charge is 0.336 e. The molecular formula is C21H26N8O. The quantitative estimate of drug-likeness (QED) is 0.508. The number of hydrogen-bond donors (Lipinski definition) is 0. The Morgan fingerprint density at radius 1 is 1.17 bits per heavy atom. The monoisotopic (exact) mass is 406 g/mol. The van der Waals surface area contributed by atoms with Crippen molar-refractivity contribution in [1.29, 1.82) is 0 Å². The van der Waals surface area contributed by atoms with Gasteiger partial charge in [0, 0.05) is 62.0 Å². The first-order chi connectivity index (χ1) is 14.3. The number of nitrogens with zero attached hydrogens (tertiary/aromatic N) is 8. The first-order valence-corrected chi connectivity index (χ1v) is 9.93. The molecule has 1 amide bonds. The Morgan fingerprint density at radius 2 is 1.93 bits per heavy atom. The molecular weight excluding hydrogens is 380 g/mol. The van der Waals surface area contributed by atoms with Crippen LogP contribution in [0.25, 0.3) is 16.9 Å². The van der Waals surface area contributed by atoms with Crippen molar-refractivity contribution >= 4 is 11.6 Å². The molecule has 0 aliphatic heterocycles. The normalized spacial score (nSPS) is 11.4. The van der Waals surface area contributed by atoms with Crippen molar-refractivity contribution in [2.45, 2.75) is 40.8 Å². The molecule has 0 aliphatic rings. The number of hydrogen-bond acceptors (Lipinski definition) is 5. The lowest BCUT2D eigenvalue weighted by molar-refractivity contribution is 0.0778. The van der Waals surface area contributed by atoms with Crippen molar-refractivity contribution in [3.8, 4) is 11.3 Å². The first-order valence-electron chi connectivity index (χ1n) is 9.93. The summed E-state index contributed by atoms with van der Waals surface area (Å²) in [6.45, 7) is 9.31. The predicted octanol–water partition coefficient (Wildman–Crippen LogP) is 2.54. The maximum atomic E-state index is 13.1. The van der Waals surface area contributed by atoms with Crippen molar-refractivity contribution in [2.24, 2.45) is 7.05 Å². The van der Waals surface area contributed by atoms with Crippen molar-refractivity contribution in [1.82, 2.24) is 39.1 Å².